The van der Waals surface area contributed by atoms with Crippen molar-refractivity contribution in [1.82, 2.24) is 0 Å². The van der Waals surface area contributed by atoms with Crippen LogP contribution in [0, 0.1) is 0 Å². The van der Waals surface area contributed by atoms with Crippen LogP contribution < -0.4 is 0 Å². The second-order valence-electron chi connectivity index (χ2n) is 2.96. The minimum Gasteiger partial charge on any atom is -0.250 e. The van der Waals surface area contributed by atoms with E-state index in [1.54, 1.807) is 13.8 Å². The molecule has 0 N–H and O–H groups in total. The molecule has 13 heavy (non-hydrogen) atoms. The highest BCUT2D eigenvalue weighted by Gasteiger charge is 2.31. The van der Waals surface area contributed by atoms with Gasteiger partial charge in [0.25, 0.3) is 0 Å². The Hall–Kier alpha value is -0.190. The van der Waals surface area contributed by atoms with Gasteiger partial charge in [-0.25, -0.2) is 17.2 Å². The Morgan fingerprint density at radius 2 is 1.31 bits per heavy atom. The summed E-state index contributed by atoms with van der Waals surface area (Å²) in [6.45, 7) is 1.34. The van der Waals surface area contributed by atoms with Gasteiger partial charge in [-0.1, -0.05) is 13.8 Å². The molecule has 2 atom stereocenters. The van der Waals surface area contributed by atoms with Crippen molar-refractivity contribution in [3.63, 3.8) is 0 Å². The third-order valence-corrected chi connectivity index (χ3v) is 4.96. The first-order valence-corrected chi connectivity index (χ1v) is 6.00. The Balaban J connectivity index is 4.71. The van der Waals surface area contributed by atoms with E-state index in [9.17, 15) is 17.2 Å². The van der Waals surface area contributed by atoms with E-state index in [4.69, 9.17) is 0 Å². The Morgan fingerprint density at radius 1 is 1.00 bits per heavy atom. The van der Waals surface area contributed by atoms with Crippen molar-refractivity contribution >= 4 is 9.84 Å². The number of halogens is 2. The third kappa shape index (κ3) is 2.90. The van der Waals surface area contributed by atoms with Crippen molar-refractivity contribution < 1.29 is 17.2 Å². The van der Waals surface area contributed by atoms with Crippen LogP contribution in [0.1, 0.15) is 26.7 Å². The fraction of sp³-hybridized carbons (Fsp3) is 1.00. The first-order valence-electron chi connectivity index (χ1n) is 4.39. The van der Waals surface area contributed by atoms with Gasteiger partial charge in [0, 0.05) is 0 Å². The van der Waals surface area contributed by atoms with E-state index in [1.807, 2.05) is 0 Å². The SMILES string of the molecule is CCC(CF)S(=O)(=O)C(CC)CF. The van der Waals surface area contributed by atoms with E-state index in [0.29, 0.717) is 0 Å². The van der Waals surface area contributed by atoms with Crippen molar-refractivity contribution in [1.29, 1.82) is 0 Å². The average molecular weight is 214 g/mol. The van der Waals surface area contributed by atoms with Crippen molar-refractivity contribution in [2.45, 2.75) is 37.2 Å². The van der Waals surface area contributed by atoms with Gasteiger partial charge in [0.15, 0.2) is 9.84 Å². The molecular weight excluding hydrogens is 198 g/mol. The molecule has 0 saturated carbocycles. The number of hydrogen-bond donors (Lipinski definition) is 0. The molecule has 0 aliphatic carbocycles. The zero-order valence-electron chi connectivity index (χ0n) is 7.96. The number of alkyl halides is 2. The minimum absolute atomic E-state index is 0.204. The van der Waals surface area contributed by atoms with Gasteiger partial charge >= 0.3 is 0 Å². The van der Waals surface area contributed by atoms with Gasteiger partial charge in [-0.3, -0.25) is 0 Å². The molecule has 0 rings (SSSR count). The molecule has 0 aliphatic heterocycles. The second-order valence-corrected chi connectivity index (χ2v) is 5.47. The maximum atomic E-state index is 12.3. The maximum absolute atomic E-state index is 12.3. The normalized spacial score (nSPS) is 16.9. The highest BCUT2D eigenvalue weighted by molar-refractivity contribution is 7.92. The minimum atomic E-state index is -3.61. The molecule has 0 fully saturated rings. The van der Waals surface area contributed by atoms with Crippen LogP contribution in [0.2, 0.25) is 0 Å². The Bertz CT molecular complexity index is 200. The van der Waals surface area contributed by atoms with Crippen LogP contribution in [0.3, 0.4) is 0 Å². The molecule has 0 bridgehead atoms. The van der Waals surface area contributed by atoms with E-state index in [2.05, 4.69) is 0 Å². The second kappa shape index (κ2) is 5.52. The molecule has 0 heterocycles. The fourth-order valence-corrected chi connectivity index (χ4v) is 2.96. The van der Waals surface area contributed by atoms with Crippen molar-refractivity contribution in [2.24, 2.45) is 0 Å². The van der Waals surface area contributed by atoms with Crippen LogP contribution >= 0.6 is 0 Å². The molecule has 0 saturated heterocycles. The zero-order chi connectivity index (χ0) is 10.5. The molecule has 0 aromatic heterocycles. The lowest BCUT2D eigenvalue weighted by atomic mass is 10.3. The summed E-state index contributed by atoms with van der Waals surface area (Å²) in [5, 5.41) is -2.07. The number of hydrogen-bond acceptors (Lipinski definition) is 2. The van der Waals surface area contributed by atoms with Crippen molar-refractivity contribution in [3.05, 3.63) is 0 Å². The molecule has 0 aromatic carbocycles. The summed E-state index contributed by atoms with van der Waals surface area (Å²) in [6.07, 6.45) is 0.407. The van der Waals surface area contributed by atoms with E-state index in [-0.39, 0.29) is 12.8 Å². The van der Waals surface area contributed by atoms with Gasteiger partial charge in [0.05, 0.1) is 10.5 Å². The smallest absolute Gasteiger partial charge is 0.161 e. The molecular formula is C8H16F2O2S. The quantitative estimate of drug-likeness (QED) is 0.676. The Kier molecular flexibility index (Phi) is 5.44. The summed E-state index contributed by atoms with van der Waals surface area (Å²) in [6, 6.07) is 0. The van der Waals surface area contributed by atoms with Gasteiger partial charge < -0.3 is 0 Å². The molecule has 5 heteroatoms. The molecule has 0 spiro atoms. The molecule has 2 nitrogen and oxygen atoms in total. The molecule has 80 valence electrons. The summed E-state index contributed by atoms with van der Waals surface area (Å²) in [5.74, 6) is 0. The highest BCUT2D eigenvalue weighted by atomic mass is 32.2. The van der Waals surface area contributed by atoms with Crippen LogP contribution in [-0.2, 0) is 9.84 Å². The molecule has 0 aromatic rings. The highest BCUT2D eigenvalue weighted by Crippen LogP contribution is 2.16. The first-order chi connectivity index (χ1) is 6.04. The zero-order valence-corrected chi connectivity index (χ0v) is 8.78. The van der Waals surface area contributed by atoms with Gasteiger partial charge in [-0.15, -0.1) is 0 Å². The lowest BCUT2D eigenvalue weighted by Gasteiger charge is -2.17. The standard InChI is InChI=1S/C8H16F2O2S/c1-3-7(5-9)13(11,12)8(4-2)6-10/h7-8H,3-6H2,1-2H3. The van der Waals surface area contributed by atoms with Gasteiger partial charge in [-0.2, -0.15) is 0 Å². The molecule has 2 unspecified atom stereocenters. The summed E-state index contributed by atoms with van der Waals surface area (Å²) in [4.78, 5) is 0. The predicted molar refractivity (Wildman–Crippen MR) is 49.0 cm³/mol. The Labute approximate surface area is 78.3 Å². The molecule has 0 aliphatic rings. The van der Waals surface area contributed by atoms with Crippen LogP contribution in [0.4, 0.5) is 8.78 Å². The Morgan fingerprint density at radius 3 is 1.46 bits per heavy atom. The van der Waals surface area contributed by atoms with Crippen molar-refractivity contribution in [3.8, 4) is 0 Å². The lowest BCUT2D eigenvalue weighted by molar-refractivity contribution is 0.432. The average Bonchev–Trinajstić information content (AvgIpc) is 2.07. The monoisotopic (exact) mass is 214 g/mol. The van der Waals surface area contributed by atoms with E-state index < -0.39 is 33.7 Å². The topological polar surface area (TPSA) is 34.1 Å². The van der Waals surface area contributed by atoms with E-state index in [1.165, 1.54) is 0 Å². The van der Waals surface area contributed by atoms with Crippen LogP contribution in [0.5, 0.6) is 0 Å². The number of rotatable bonds is 6. The molecule has 0 amide bonds. The summed E-state index contributed by atoms with van der Waals surface area (Å²) >= 11 is 0. The van der Waals surface area contributed by atoms with E-state index in [0.717, 1.165) is 0 Å². The van der Waals surface area contributed by atoms with Gasteiger partial charge in [0.1, 0.15) is 13.3 Å². The summed E-state index contributed by atoms with van der Waals surface area (Å²) in [5.41, 5.74) is 0. The summed E-state index contributed by atoms with van der Waals surface area (Å²) in [7, 11) is -3.61. The van der Waals surface area contributed by atoms with Crippen molar-refractivity contribution in [2.75, 3.05) is 13.3 Å². The lowest BCUT2D eigenvalue weighted by Crippen LogP contribution is -2.34. The first kappa shape index (κ1) is 12.8. The van der Waals surface area contributed by atoms with Gasteiger partial charge in [-0.05, 0) is 12.8 Å². The van der Waals surface area contributed by atoms with Crippen LogP contribution in [0.25, 0.3) is 0 Å². The summed E-state index contributed by atoms with van der Waals surface area (Å²) < 4.78 is 47.5. The largest absolute Gasteiger partial charge is 0.250 e. The molecule has 0 radical (unpaired) electrons. The van der Waals surface area contributed by atoms with Crippen LogP contribution in [0.15, 0.2) is 0 Å². The van der Waals surface area contributed by atoms with E-state index >= 15 is 0 Å². The fourth-order valence-electron chi connectivity index (χ4n) is 1.13. The van der Waals surface area contributed by atoms with Crippen LogP contribution in [-0.4, -0.2) is 32.3 Å². The van der Waals surface area contributed by atoms with Gasteiger partial charge in [0.2, 0.25) is 0 Å². The maximum Gasteiger partial charge on any atom is 0.161 e. The third-order valence-electron chi connectivity index (χ3n) is 2.18. The number of sulfone groups is 1. The predicted octanol–water partition coefficient (Wildman–Crippen LogP) is 1.90.